The van der Waals surface area contributed by atoms with Gasteiger partial charge in [-0.25, -0.2) is 0 Å². The van der Waals surface area contributed by atoms with Crippen LogP contribution in [0.5, 0.6) is 0 Å². The van der Waals surface area contributed by atoms with Gasteiger partial charge in [-0.05, 0) is 25.7 Å². The van der Waals surface area contributed by atoms with Gasteiger partial charge < -0.3 is 5.11 Å². The predicted octanol–water partition coefficient (Wildman–Crippen LogP) is 1.03. The third-order valence-corrected chi connectivity index (χ3v) is 2.33. The summed E-state index contributed by atoms with van der Waals surface area (Å²) in [7, 11) is 0. The number of rotatable bonds is 1. The van der Waals surface area contributed by atoms with Crippen LogP contribution in [0.2, 0.25) is 0 Å². The van der Waals surface area contributed by atoms with E-state index < -0.39 is 0 Å². The zero-order valence-corrected chi connectivity index (χ0v) is 12.3. The van der Waals surface area contributed by atoms with Crippen molar-refractivity contribution in [1.82, 2.24) is 0 Å². The molecule has 10 heavy (non-hydrogen) atoms. The van der Waals surface area contributed by atoms with Crippen LogP contribution in [0.1, 0.15) is 39.0 Å². The maximum absolute atomic E-state index is 9.18. The first kappa shape index (κ1) is 10.9. The molecule has 2 radical (unpaired) electrons. The number of aliphatic hydroxyl groups is 1. The third-order valence-electron chi connectivity index (χ3n) is 2.33. The van der Waals surface area contributed by atoms with Crippen LogP contribution in [0, 0.1) is 5.92 Å². The summed E-state index contributed by atoms with van der Waals surface area (Å²) in [5, 5.41) is 9.18. The van der Waals surface area contributed by atoms with E-state index in [0.29, 0.717) is 5.92 Å². The Kier molecular flexibility index (Phi) is 6.01. The average Bonchev–Trinajstić information content (AvgIpc) is 1.90. The monoisotopic (exact) mass is 338 g/mol. The van der Waals surface area contributed by atoms with Gasteiger partial charge in [-0.2, -0.15) is 0 Å². The third kappa shape index (κ3) is 3.33. The van der Waals surface area contributed by atoms with Crippen LogP contribution in [-0.4, -0.2) is 38.5 Å². The predicted molar refractivity (Wildman–Crippen MR) is 46.8 cm³/mol. The molecule has 1 N–H and O–H groups in total. The van der Waals surface area contributed by atoms with Crippen molar-refractivity contribution in [2.75, 3.05) is 0 Å². The van der Waals surface area contributed by atoms with Crippen molar-refractivity contribution in [3.05, 3.63) is 0 Å². The van der Waals surface area contributed by atoms with Crippen molar-refractivity contribution in [3.8, 4) is 0 Å². The molecule has 2 heteroatoms. The van der Waals surface area contributed by atoms with Gasteiger partial charge in [0.05, 0.1) is 6.10 Å². The Balaban J connectivity index is 0.000000810. The summed E-state index contributed by atoms with van der Waals surface area (Å²) in [4.78, 5) is 0. The van der Waals surface area contributed by atoms with Crippen molar-refractivity contribution >= 4 is 27.3 Å². The standard InChI is InChI=1S/C8H16O.Pb.2H/c1-7(9)8-5-3-2-4-6-8;;;/h7-9H,2-6H2,1H3;;;. The van der Waals surface area contributed by atoms with E-state index in [0.717, 1.165) is 0 Å². The van der Waals surface area contributed by atoms with E-state index in [1.807, 2.05) is 6.92 Å². The SMILES string of the molecule is CC(O)C1CCCCC1.[PbH2]. The summed E-state index contributed by atoms with van der Waals surface area (Å²) in [5.41, 5.74) is 0. The molecule has 0 aromatic carbocycles. The minimum absolute atomic E-state index is 0. The molecule has 0 aliphatic heterocycles. The molecule has 0 aromatic heterocycles. The fraction of sp³-hybridized carbons (Fsp3) is 1.00. The zero-order chi connectivity index (χ0) is 6.69. The minimum atomic E-state index is -0.0645. The molecule has 0 amide bonds. The number of hydrogen-bond donors (Lipinski definition) is 1. The van der Waals surface area contributed by atoms with Crippen molar-refractivity contribution in [3.63, 3.8) is 0 Å². The Morgan fingerprint density at radius 2 is 1.70 bits per heavy atom. The molecule has 0 bridgehead atoms. The Morgan fingerprint density at radius 1 is 1.20 bits per heavy atom. The quantitative estimate of drug-likeness (QED) is 0.709. The van der Waals surface area contributed by atoms with Crippen LogP contribution < -0.4 is 0 Å². The van der Waals surface area contributed by atoms with Crippen LogP contribution in [0.3, 0.4) is 0 Å². The van der Waals surface area contributed by atoms with Gasteiger partial charge in [-0.1, -0.05) is 19.3 Å². The molecule has 60 valence electrons. The van der Waals surface area contributed by atoms with Gasteiger partial charge in [-0.3, -0.25) is 0 Å². The van der Waals surface area contributed by atoms with E-state index in [1.54, 1.807) is 0 Å². The molecule has 1 atom stereocenters. The Bertz CT molecular complexity index is 77.3. The van der Waals surface area contributed by atoms with Gasteiger partial charge in [0.1, 0.15) is 0 Å². The summed E-state index contributed by atoms with van der Waals surface area (Å²) in [6, 6.07) is 0. The molecule has 0 saturated heterocycles. The average molecular weight is 337 g/mol. The Morgan fingerprint density at radius 3 is 2.00 bits per heavy atom. The Labute approximate surface area is 83.4 Å². The topological polar surface area (TPSA) is 20.2 Å². The summed E-state index contributed by atoms with van der Waals surface area (Å²) < 4.78 is 0. The van der Waals surface area contributed by atoms with E-state index >= 15 is 0 Å². The molecule has 1 rings (SSSR count). The molecular formula is C8H18OPb. The van der Waals surface area contributed by atoms with Crippen LogP contribution in [-0.2, 0) is 0 Å². The molecule has 0 spiro atoms. The first-order valence-corrected chi connectivity index (χ1v) is 3.99. The first-order chi connectivity index (χ1) is 4.30. The molecule has 0 aromatic rings. The van der Waals surface area contributed by atoms with Gasteiger partial charge in [-0.15, -0.1) is 0 Å². The molecule has 1 aliphatic carbocycles. The second-order valence-corrected chi connectivity index (χ2v) is 3.14. The Hall–Kier alpha value is 0.882. The van der Waals surface area contributed by atoms with Gasteiger partial charge in [0.2, 0.25) is 0 Å². The van der Waals surface area contributed by atoms with E-state index in [1.165, 1.54) is 32.1 Å². The number of aliphatic hydroxyl groups excluding tert-OH is 1. The van der Waals surface area contributed by atoms with Crippen molar-refractivity contribution < 1.29 is 5.11 Å². The molecule has 1 aliphatic rings. The van der Waals surface area contributed by atoms with Gasteiger partial charge in [0, 0.05) is 0 Å². The second kappa shape index (κ2) is 5.52. The number of hydrogen-bond acceptors (Lipinski definition) is 1. The normalized spacial score (nSPS) is 23.4. The fourth-order valence-electron chi connectivity index (χ4n) is 1.62. The van der Waals surface area contributed by atoms with E-state index in [-0.39, 0.29) is 33.4 Å². The van der Waals surface area contributed by atoms with E-state index in [2.05, 4.69) is 0 Å². The molecule has 1 saturated carbocycles. The van der Waals surface area contributed by atoms with Crippen molar-refractivity contribution in [1.29, 1.82) is 0 Å². The maximum atomic E-state index is 9.18. The fourth-order valence-corrected chi connectivity index (χ4v) is 1.62. The second-order valence-electron chi connectivity index (χ2n) is 3.14. The summed E-state index contributed by atoms with van der Waals surface area (Å²) in [6.45, 7) is 1.91. The molecule has 1 fully saturated rings. The first-order valence-electron chi connectivity index (χ1n) is 3.99. The van der Waals surface area contributed by atoms with Crippen LogP contribution in [0.4, 0.5) is 0 Å². The van der Waals surface area contributed by atoms with Crippen molar-refractivity contribution in [2.24, 2.45) is 5.92 Å². The van der Waals surface area contributed by atoms with E-state index in [4.69, 9.17) is 0 Å². The summed E-state index contributed by atoms with van der Waals surface area (Å²) in [6.07, 6.45) is 6.47. The van der Waals surface area contributed by atoms with Crippen LogP contribution in [0.15, 0.2) is 0 Å². The molecule has 1 nitrogen and oxygen atoms in total. The molecule has 1 unspecified atom stereocenters. The summed E-state index contributed by atoms with van der Waals surface area (Å²) in [5.74, 6) is 0.610. The van der Waals surface area contributed by atoms with Crippen LogP contribution in [0.25, 0.3) is 0 Å². The summed E-state index contributed by atoms with van der Waals surface area (Å²) >= 11 is 0. The van der Waals surface area contributed by atoms with Crippen molar-refractivity contribution in [2.45, 2.75) is 45.1 Å². The van der Waals surface area contributed by atoms with Crippen LogP contribution >= 0.6 is 0 Å². The zero-order valence-electron chi connectivity index (χ0n) is 6.84. The molecule has 0 heterocycles. The van der Waals surface area contributed by atoms with E-state index in [9.17, 15) is 5.11 Å². The van der Waals surface area contributed by atoms with Gasteiger partial charge in [0.25, 0.3) is 0 Å². The van der Waals surface area contributed by atoms with Gasteiger partial charge >= 0.3 is 27.3 Å². The molecular weight excluding hydrogens is 319 g/mol. The van der Waals surface area contributed by atoms with Gasteiger partial charge in [0.15, 0.2) is 0 Å².